The lowest BCUT2D eigenvalue weighted by molar-refractivity contribution is -0.137. The van der Waals surface area contributed by atoms with Gasteiger partial charge < -0.3 is 4.52 Å². The molecule has 2 nitrogen and oxygen atoms in total. The number of aromatic nitrogens is 1. The largest absolute Gasteiger partial charge is 0.416 e. The molecule has 6 heteroatoms. The summed E-state index contributed by atoms with van der Waals surface area (Å²) in [4.78, 5) is 0. The molecule has 16 heavy (non-hydrogen) atoms. The van der Waals surface area contributed by atoms with Gasteiger partial charge in [-0.1, -0.05) is 17.3 Å². The van der Waals surface area contributed by atoms with Crippen molar-refractivity contribution in [2.75, 3.05) is 0 Å². The molecule has 0 bridgehead atoms. The number of hydrogen-bond acceptors (Lipinski definition) is 2. The van der Waals surface area contributed by atoms with E-state index in [4.69, 9.17) is 0 Å². The van der Waals surface area contributed by atoms with Crippen LogP contribution >= 0.6 is 15.9 Å². The summed E-state index contributed by atoms with van der Waals surface area (Å²) < 4.78 is 42.0. The van der Waals surface area contributed by atoms with Gasteiger partial charge in [0.25, 0.3) is 0 Å². The number of nitrogens with zero attached hydrogens (tertiary/aromatic N) is 1. The van der Waals surface area contributed by atoms with Crippen molar-refractivity contribution in [2.24, 2.45) is 0 Å². The molecule has 0 N–H and O–H groups in total. The molecule has 0 aliphatic rings. The van der Waals surface area contributed by atoms with Crippen LogP contribution in [0.25, 0.3) is 11.1 Å². The lowest BCUT2D eigenvalue weighted by atomic mass is 10.1. The van der Waals surface area contributed by atoms with Gasteiger partial charge >= 0.3 is 6.18 Å². The molecule has 84 valence electrons. The number of hydrogen-bond donors (Lipinski definition) is 0. The van der Waals surface area contributed by atoms with Crippen molar-refractivity contribution in [3.05, 3.63) is 40.7 Å². The number of rotatable bonds is 1. The maximum absolute atomic E-state index is 12.3. The first kappa shape index (κ1) is 11.2. The first-order chi connectivity index (χ1) is 7.48. The van der Waals surface area contributed by atoms with Crippen LogP contribution in [-0.4, -0.2) is 5.16 Å². The third-order valence-electron chi connectivity index (χ3n) is 2.05. The van der Waals surface area contributed by atoms with E-state index in [0.29, 0.717) is 15.7 Å². The Morgan fingerprint density at radius 2 is 1.75 bits per heavy atom. The standard InChI is InChI=1S/C10H5BrF3NO/c11-9-8(5-16-15-9)6-1-3-7(4-2-6)10(12,13)14/h1-5H. The highest BCUT2D eigenvalue weighted by molar-refractivity contribution is 9.10. The Morgan fingerprint density at radius 3 is 2.19 bits per heavy atom. The molecular formula is C10H5BrF3NO. The minimum atomic E-state index is -4.32. The van der Waals surface area contributed by atoms with Gasteiger partial charge in [-0.15, -0.1) is 0 Å². The zero-order valence-electron chi connectivity index (χ0n) is 7.75. The second-order valence-corrected chi connectivity index (χ2v) is 3.85. The van der Waals surface area contributed by atoms with Crippen molar-refractivity contribution in [3.8, 4) is 11.1 Å². The molecule has 0 atom stereocenters. The molecule has 0 saturated heterocycles. The van der Waals surface area contributed by atoms with E-state index in [1.165, 1.54) is 18.4 Å². The molecule has 2 aromatic rings. The second-order valence-electron chi connectivity index (χ2n) is 3.09. The van der Waals surface area contributed by atoms with E-state index in [-0.39, 0.29) is 0 Å². The zero-order chi connectivity index (χ0) is 11.8. The van der Waals surface area contributed by atoms with Gasteiger partial charge in [0.1, 0.15) is 6.26 Å². The molecule has 0 radical (unpaired) electrons. The van der Waals surface area contributed by atoms with Gasteiger partial charge in [0.2, 0.25) is 0 Å². The van der Waals surface area contributed by atoms with E-state index < -0.39 is 11.7 Å². The van der Waals surface area contributed by atoms with Crippen molar-refractivity contribution >= 4 is 15.9 Å². The predicted molar refractivity (Wildman–Crippen MR) is 54.6 cm³/mol. The Labute approximate surface area is 97.2 Å². The molecule has 2 rings (SSSR count). The summed E-state index contributed by atoms with van der Waals surface area (Å²) >= 11 is 3.13. The van der Waals surface area contributed by atoms with Crippen LogP contribution in [0.15, 0.2) is 39.7 Å². The summed E-state index contributed by atoms with van der Waals surface area (Å²) in [7, 11) is 0. The van der Waals surface area contributed by atoms with Crippen molar-refractivity contribution in [2.45, 2.75) is 6.18 Å². The summed E-state index contributed by atoms with van der Waals surface area (Å²) in [5.74, 6) is 0. The molecule has 0 amide bonds. The SMILES string of the molecule is FC(F)(F)c1ccc(-c2conc2Br)cc1. The molecule has 0 fully saturated rings. The summed E-state index contributed by atoms with van der Waals surface area (Å²) in [5.41, 5.74) is 0.554. The van der Waals surface area contributed by atoms with E-state index in [1.54, 1.807) is 0 Å². The smallest absolute Gasteiger partial charge is 0.363 e. The third kappa shape index (κ3) is 2.11. The van der Waals surface area contributed by atoms with Gasteiger partial charge in [-0.3, -0.25) is 0 Å². The van der Waals surface area contributed by atoms with Crippen molar-refractivity contribution in [1.29, 1.82) is 0 Å². The zero-order valence-corrected chi connectivity index (χ0v) is 9.34. The monoisotopic (exact) mass is 291 g/mol. The van der Waals surface area contributed by atoms with Crippen molar-refractivity contribution in [3.63, 3.8) is 0 Å². The van der Waals surface area contributed by atoms with Crippen LogP contribution in [0.3, 0.4) is 0 Å². The summed E-state index contributed by atoms with van der Waals surface area (Å²) in [6.07, 6.45) is -2.95. The average molecular weight is 292 g/mol. The minimum absolute atomic E-state index is 0.465. The Kier molecular flexibility index (Phi) is 2.75. The molecule has 1 aromatic carbocycles. The van der Waals surface area contributed by atoms with Gasteiger partial charge in [-0.05, 0) is 33.6 Å². The average Bonchev–Trinajstić information content (AvgIpc) is 2.63. The van der Waals surface area contributed by atoms with Crippen molar-refractivity contribution < 1.29 is 17.7 Å². The van der Waals surface area contributed by atoms with Gasteiger partial charge in [-0.25, -0.2) is 0 Å². The highest BCUT2D eigenvalue weighted by Crippen LogP contribution is 2.32. The van der Waals surface area contributed by atoms with Crippen LogP contribution in [0.4, 0.5) is 13.2 Å². The maximum atomic E-state index is 12.3. The van der Waals surface area contributed by atoms with Crippen LogP contribution in [0.5, 0.6) is 0 Å². The van der Waals surface area contributed by atoms with E-state index in [0.717, 1.165) is 12.1 Å². The van der Waals surface area contributed by atoms with Gasteiger partial charge in [0.05, 0.1) is 11.1 Å². The first-order valence-electron chi connectivity index (χ1n) is 4.26. The Morgan fingerprint density at radius 1 is 1.12 bits per heavy atom. The van der Waals surface area contributed by atoms with E-state index in [1.807, 2.05) is 0 Å². The lowest BCUT2D eigenvalue weighted by Gasteiger charge is -2.06. The van der Waals surface area contributed by atoms with Crippen LogP contribution in [0.2, 0.25) is 0 Å². The highest BCUT2D eigenvalue weighted by atomic mass is 79.9. The fourth-order valence-corrected chi connectivity index (χ4v) is 1.66. The number of halogens is 4. The van der Waals surface area contributed by atoms with Crippen LogP contribution in [0, 0.1) is 0 Å². The fraction of sp³-hybridized carbons (Fsp3) is 0.100. The number of alkyl halides is 3. The molecule has 1 heterocycles. The molecular weight excluding hydrogens is 287 g/mol. The van der Waals surface area contributed by atoms with Crippen LogP contribution < -0.4 is 0 Å². The van der Waals surface area contributed by atoms with Gasteiger partial charge in [0.15, 0.2) is 4.60 Å². The first-order valence-corrected chi connectivity index (χ1v) is 5.05. The van der Waals surface area contributed by atoms with Gasteiger partial charge in [-0.2, -0.15) is 13.2 Å². The third-order valence-corrected chi connectivity index (χ3v) is 2.62. The molecule has 1 aromatic heterocycles. The second kappa shape index (κ2) is 3.93. The van der Waals surface area contributed by atoms with Crippen LogP contribution in [-0.2, 0) is 6.18 Å². The summed E-state index contributed by atoms with van der Waals surface area (Å²) in [5, 5.41) is 3.58. The van der Waals surface area contributed by atoms with E-state index >= 15 is 0 Å². The molecule has 0 unspecified atom stereocenters. The Balaban J connectivity index is 2.37. The summed E-state index contributed by atoms with van der Waals surface area (Å²) in [6, 6.07) is 4.80. The Hall–Kier alpha value is -1.30. The Bertz CT molecular complexity index is 490. The predicted octanol–water partition coefficient (Wildman–Crippen LogP) is 4.12. The van der Waals surface area contributed by atoms with Crippen molar-refractivity contribution in [1.82, 2.24) is 5.16 Å². The molecule has 0 aliphatic carbocycles. The number of benzene rings is 1. The van der Waals surface area contributed by atoms with E-state index in [9.17, 15) is 13.2 Å². The maximum Gasteiger partial charge on any atom is 0.416 e. The normalized spacial score (nSPS) is 11.8. The highest BCUT2D eigenvalue weighted by Gasteiger charge is 2.30. The minimum Gasteiger partial charge on any atom is -0.363 e. The van der Waals surface area contributed by atoms with Crippen LogP contribution in [0.1, 0.15) is 5.56 Å². The summed E-state index contributed by atoms with van der Waals surface area (Å²) in [6.45, 7) is 0. The molecule has 0 saturated carbocycles. The molecule has 0 spiro atoms. The topological polar surface area (TPSA) is 26.0 Å². The van der Waals surface area contributed by atoms with Gasteiger partial charge in [0, 0.05) is 0 Å². The van der Waals surface area contributed by atoms with E-state index in [2.05, 4.69) is 25.6 Å². The lowest BCUT2D eigenvalue weighted by Crippen LogP contribution is -2.03. The quantitative estimate of drug-likeness (QED) is 0.790. The molecule has 0 aliphatic heterocycles. The fourth-order valence-electron chi connectivity index (χ4n) is 1.25.